The Morgan fingerprint density at radius 3 is 2.29 bits per heavy atom. The van der Waals surface area contributed by atoms with Crippen LogP contribution < -0.4 is 10.0 Å². The number of carbonyl (C=O) groups is 2. The molecule has 0 aliphatic carbocycles. The topological polar surface area (TPSA) is 195 Å². The molecule has 0 unspecified atom stereocenters. The molecule has 4 heterocycles. The summed E-state index contributed by atoms with van der Waals surface area (Å²) in [5.41, 5.74) is 9.47. The highest BCUT2D eigenvalue weighted by molar-refractivity contribution is 7.92. The number of nitrogens with zero attached hydrogens (tertiary/aromatic N) is 5. The molecule has 0 saturated heterocycles. The zero-order chi connectivity index (χ0) is 41.7. The Bertz CT molecular complexity index is 3030. The standard InChI is InChI=1S/C44H38N8O5S2/c1-23-6-17-35(41-38(23)33(20-45)22-46-41)51-59(56,57)34-16-15-32(24(2)18-34)21-47-43(55)31-13-9-29(10-14-31)28-7-11-30(12-8-28)40-39-25(3)26(4)58-44(39)52-27(5)49-50-42(52)36(48-40)19-37(53)54/h6-18,22,36,46,51H,19,21H2,1-5H3,(H,47,55)(H,53,54)/t36-/m0/s1. The molecule has 1 atom stereocenters. The minimum Gasteiger partial charge on any atom is -0.481 e. The molecule has 0 spiro atoms. The number of H-pyrrole nitrogens is 1. The average molecular weight is 823 g/mol. The van der Waals surface area contributed by atoms with Crippen molar-refractivity contribution in [2.75, 3.05) is 4.72 Å². The quantitative estimate of drug-likeness (QED) is 0.107. The Morgan fingerprint density at radius 1 is 0.915 bits per heavy atom. The van der Waals surface area contributed by atoms with Crippen molar-refractivity contribution in [1.82, 2.24) is 25.1 Å². The maximum Gasteiger partial charge on any atom is 0.306 e. The minimum absolute atomic E-state index is 0.0702. The van der Waals surface area contributed by atoms with Crippen molar-refractivity contribution < 1.29 is 23.1 Å². The first-order chi connectivity index (χ1) is 28.2. The van der Waals surface area contributed by atoms with Gasteiger partial charge in [-0.05, 0) is 98.3 Å². The number of thiophene rings is 1. The van der Waals surface area contributed by atoms with Crippen molar-refractivity contribution >= 4 is 55.5 Å². The van der Waals surface area contributed by atoms with Crippen molar-refractivity contribution in [3.63, 3.8) is 0 Å². The normalized spacial score (nSPS) is 13.6. The zero-order valence-corrected chi connectivity index (χ0v) is 34.3. The third kappa shape index (κ3) is 7.17. The Labute approximate surface area is 344 Å². The Kier molecular flexibility index (Phi) is 9.99. The van der Waals surface area contributed by atoms with E-state index in [0.717, 1.165) is 48.8 Å². The monoisotopic (exact) mass is 822 g/mol. The van der Waals surface area contributed by atoms with Gasteiger partial charge < -0.3 is 15.4 Å². The van der Waals surface area contributed by atoms with Crippen LogP contribution in [0, 0.1) is 45.9 Å². The van der Waals surface area contributed by atoms with Crippen LogP contribution >= 0.6 is 11.3 Å². The van der Waals surface area contributed by atoms with Crippen LogP contribution in [0.4, 0.5) is 5.69 Å². The van der Waals surface area contributed by atoms with E-state index >= 15 is 0 Å². The molecule has 0 bridgehead atoms. The first kappa shape index (κ1) is 39.0. The van der Waals surface area contributed by atoms with Crippen molar-refractivity contribution in [2.24, 2.45) is 4.99 Å². The minimum atomic E-state index is -3.96. The molecule has 1 amide bonds. The third-order valence-corrected chi connectivity index (χ3v) is 13.3. The number of benzene rings is 4. The second-order valence-corrected chi connectivity index (χ2v) is 17.4. The number of amides is 1. The largest absolute Gasteiger partial charge is 0.481 e. The van der Waals surface area contributed by atoms with E-state index in [1.165, 1.54) is 6.07 Å². The van der Waals surface area contributed by atoms with Gasteiger partial charge in [-0.3, -0.25) is 23.9 Å². The fourth-order valence-electron chi connectivity index (χ4n) is 7.43. The highest BCUT2D eigenvalue weighted by atomic mass is 32.2. The van der Waals surface area contributed by atoms with E-state index in [1.54, 1.807) is 60.9 Å². The second kappa shape index (κ2) is 15.1. The summed E-state index contributed by atoms with van der Waals surface area (Å²) >= 11 is 1.61. The van der Waals surface area contributed by atoms with Crippen LogP contribution in [0.5, 0.6) is 0 Å². The van der Waals surface area contributed by atoms with Gasteiger partial charge in [0.1, 0.15) is 22.9 Å². The predicted octanol–water partition coefficient (Wildman–Crippen LogP) is 7.99. The number of anilines is 1. The van der Waals surface area contributed by atoms with Crippen molar-refractivity contribution in [1.29, 1.82) is 5.26 Å². The van der Waals surface area contributed by atoms with Crippen LogP contribution in [-0.4, -0.2) is 50.9 Å². The van der Waals surface area contributed by atoms with Gasteiger partial charge in [0, 0.05) is 39.7 Å². The number of aliphatic imine (C=N–C) groups is 1. The molecule has 7 aromatic rings. The lowest BCUT2D eigenvalue weighted by Crippen LogP contribution is -2.23. The Hall–Kier alpha value is -6.89. The molecule has 4 aromatic carbocycles. The van der Waals surface area contributed by atoms with Gasteiger partial charge in [0.2, 0.25) is 0 Å². The second-order valence-electron chi connectivity index (χ2n) is 14.5. The number of fused-ring (bicyclic) bond motifs is 4. The van der Waals surface area contributed by atoms with Gasteiger partial charge in [-0.25, -0.2) is 8.42 Å². The number of aliphatic carboxylic acids is 1. The number of hydrogen-bond donors (Lipinski definition) is 4. The first-order valence-electron chi connectivity index (χ1n) is 18.7. The number of sulfonamides is 1. The van der Waals surface area contributed by atoms with E-state index in [4.69, 9.17) is 4.99 Å². The summed E-state index contributed by atoms with van der Waals surface area (Å²) in [5.74, 6) is -0.0775. The smallest absolute Gasteiger partial charge is 0.306 e. The van der Waals surface area contributed by atoms with E-state index < -0.39 is 22.0 Å². The Balaban J connectivity index is 0.956. The number of carboxylic acid groups (broad SMARTS) is 1. The highest BCUT2D eigenvalue weighted by Gasteiger charge is 2.32. The number of aryl methyl sites for hydroxylation is 4. The van der Waals surface area contributed by atoms with Gasteiger partial charge in [0.05, 0.1) is 33.8 Å². The molecule has 1 aliphatic rings. The molecule has 3 aromatic heterocycles. The van der Waals surface area contributed by atoms with Gasteiger partial charge in [-0.2, -0.15) is 5.26 Å². The number of hydrogen-bond acceptors (Lipinski definition) is 9. The lowest BCUT2D eigenvalue weighted by Gasteiger charge is -2.13. The molecule has 0 radical (unpaired) electrons. The highest BCUT2D eigenvalue weighted by Crippen LogP contribution is 2.40. The lowest BCUT2D eigenvalue weighted by atomic mass is 9.96. The van der Waals surface area contributed by atoms with Crippen LogP contribution in [0.15, 0.2) is 94.9 Å². The van der Waals surface area contributed by atoms with Crippen LogP contribution in [0.2, 0.25) is 0 Å². The van der Waals surface area contributed by atoms with Gasteiger partial charge in [0.25, 0.3) is 15.9 Å². The molecule has 1 aliphatic heterocycles. The number of nitrogens with one attached hydrogen (secondary N) is 3. The molecular weight excluding hydrogens is 785 g/mol. The number of nitriles is 1. The lowest BCUT2D eigenvalue weighted by molar-refractivity contribution is -0.137. The van der Waals surface area contributed by atoms with Gasteiger partial charge in [-0.15, -0.1) is 21.5 Å². The maximum atomic E-state index is 13.4. The summed E-state index contributed by atoms with van der Waals surface area (Å²) in [7, 11) is -3.96. The zero-order valence-electron chi connectivity index (χ0n) is 32.7. The fourth-order valence-corrected chi connectivity index (χ4v) is 9.80. The summed E-state index contributed by atoms with van der Waals surface area (Å²) in [6.45, 7) is 9.81. The molecule has 0 saturated carbocycles. The van der Waals surface area contributed by atoms with Crippen molar-refractivity contribution in [3.05, 3.63) is 146 Å². The van der Waals surface area contributed by atoms with Crippen LogP contribution in [-0.2, 0) is 21.4 Å². The number of aromatic amines is 1. The Morgan fingerprint density at radius 2 is 1.61 bits per heavy atom. The number of aromatic nitrogens is 4. The molecule has 4 N–H and O–H groups in total. The average Bonchev–Trinajstić information content (AvgIpc) is 3.89. The molecule has 15 heteroatoms. The van der Waals surface area contributed by atoms with Crippen LogP contribution in [0.25, 0.3) is 27.0 Å². The molecule has 8 rings (SSSR count). The SMILES string of the molecule is Cc1cc(S(=O)(=O)Nc2ccc(C)c3c(C#N)c[nH]c23)ccc1CNC(=O)c1ccc(-c2ccc(C3=N[C@@H](CC(=O)O)c4nnc(C)n4-c4sc(C)c(C)c43)cc2)cc1. The van der Waals surface area contributed by atoms with Crippen molar-refractivity contribution in [3.8, 4) is 22.2 Å². The summed E-state index contributed by atoms with van der Waals surface area (Å²) in [4.78, 5) is 34.3. The molecule has 59 heavy (non-hydrogen) atoms. The maximum absolute atomic E-state index is 13.4. The van der Waals surface area contributed by atoms with E-state index in [1.807, 2.05) is 61.7 Å². The van der Waals surface area contributed by atoms with E-state index in [0.29, 0.717) is 50.6 Å². The molecule has 13 nitrogen and oxygen atoms in total. The third-order valence-electron chi connectivity index (χ3n) is 10.7. The summed E-state index contributed by atoms with van der Waals surface area (Å²) in [5, 5.41) is 32.4. The van der Waals surface area contributed by atoms with Gasteiger partial charge >= 0.3 is 5.97 Å². The van der Waals surface area contributed by atoms with Crippen LogP contribution in [0.1, 0.15) is 78.3 Å². The van der Waals surface area contributed by atoms with Crippen LogP contribution in [0.3, 0.4) is 0 Å². The molecular formula is C44H38N8O5S2. The molecule has 296 valence electrons. The number of carbonyl (C=O) groups excluding carboxylic acids is 1. The van der Waals surface area contributed by atoms with Crippen molar-refractivity contribution in [2.45, 2.75) is 58.5 Å². The van der Waals surface area contributed by atoms with E-state index in [9.17, 15) is 28.4 Å². The summed E-state index contributed by atoms with van der Waals surface area (Å²) < 4.78 is 31.4. The molecule has 0 fully saturated rings. The first-order valence-corrected chi connectivity index (χ1v) is 21.0. The fraction of sp³-hybridized carbons (Fsp3) is 0.182. The summed E-state index contributed by atoms with van der Waals surface area (Å²) in [6.07, 6.45) is 1.34. The number of carboxylic acids is 1. The van der Waals surface area contributed by atoms with E-state index in [2.05, 4.69) is 38.2 Å². The predicted molar refractivity (Wildman–Crippen MR) is 227 cm³/mol. The number of rotatable bonds is 10. The summed E-state index contributed by atoms with van der Waals surface area (Å²) in [6, 6.07) is 24.8. The van der Waals surface area contributed by atoms with E-state index in [-0.39, 0.29) is 23.8 Å². The van der Waals surface area contributed by atoms with Gasteiger partial charge in [0.15, 0.2) is 5.82 Å². The van der Waals surface area contributed by atoms with Gasteiger partial charge in [-0.1, -0.05) is 48.5 Å².